The second kappa shape index (κ2) is 18.5. The SMILES string of the molecule is CCCCCCCCCCCCCCCCCCNC(=S)c1ccccc1. The van der Waals surface area contributed by atoms with Gasteiger partial charge in [0, 0.05) is 12.1 Å². The van der Waals surface area contributed by atoms with Crippen molar-refractivity contribution in [3.8, 4) is 0 Å². The van der Waals surface area contributed by atoms with Crippen molar-refractivity contribution in [2.45, 2.75) is 110 Å². The molecule has 0 saturated heterocycles. The van der Waals surface area contributed by atoms with Gasteiger partial charge in [0.05, 0.1) is 0 Å². The zero-order chi connectivity index (χ0) is 19.4. The topological polar surface area (TPSA) is 12.0 Å². The van der Waals surface area contributed by atoms with Crippen molar-refractivity contribution >= 4 is 17.2 Å². The van der Waals surface area contributed by atoms with E-state index in [4.69, 9.17) is 12.2 Å². The molecular formula is C25H43NS. The van der Waals surface area contributed by atoms with Crippen LogP contribution in [0.2, 0.25) is 0 Å². The first-order valence-electron chi connectivity index (χ1n) is 11.7. The predicted molar refractivity (Wildman–Crippen MR) is 126 cm³/mol. The van der Waals surface area contributed by atoms with Crippen molar-refractivity contribution in [1.82, 2.24) is 5.32 Å². The molecule has 0 atom stereocenters. The van der Waals surface area contributed by atoms with Gasteiger partial charge < -0.3 is 5.32 Å². The summed E-state index contributed by atoms with van der Waals surface area (Å²) in [6.07, 6.45) is 22.6. The van der Waals surface area contributed by atoms with Crippen LogP contribution in [-0.4, -0.2) is 11.5 Å². The third-order valence-corrected chi connectivity index (χ3v) is 5.73. The van der Waals surface area contributed by atoms with Crippen LogP contribution in [0.4, 0.5) is 0 Å². The van der Waals surface area contributed by atoms with Crippen molar-refractivity contribution < 1.29 is 0 Å². The molecule has 0 spiro atoms. The van der Waals surface area contributed by atoms with Crippen LogP contribution in [0.3, 0.4) is 0 Å². The zero-order valence-electron chi connectivity index (χ0n) is 17.8. The van der Waals surface area contributed by atoms with Gasteiger partial charge in [0.1, 0.15) is 4.99 Å². The van der Waals surface area contributed by atoms with Gasteiger partial charge in [-0.1, -0.05) is 146 Å². The maximum Gasteiger partial charge on any atom is 0.106 e. The number of thiocarbonyl (C=S) groups is 1. The van der Waals surface area contributed by atoms with E-state index >= 15 is 0 Å². The number of nitrogens with one attached hydrogen (secondary N) is 1. The number of unbranched alkanes of at least 4 members (excludes halogenated alkanes) is 15. The average Bonchev–Trinajstić information content (AvgIpc) is 2.70. The van der Waals surface area contributed by atoms with E-state index in [0.717, 1.165) is 17.1 Å². The summed E-state index contributed by atoms with van der Waals surface area (Å²) in [7, 11) is 0. The number of hydrogen-bond donors (Lipinski definition) is 1. The molecule has 27 heavy (non-hydrogen) atoms. The lowest BCUT2D eigenvalue weighted by atomic mass is 10.0. The van der Waals surface area contributed by atoms with E-state index in [1.807, 2.05) is 18.2 Å². The number of hydrogen-bond acceptors (Lipinski definition) is 1. The summed E-state index contributed by atoms with van der Waals surface area (Å²) in [5.41, 5.74) is 1.13. The quantitative estimate of drug-likeness (QED) is 0.200. The normalized spacial score (nSPS) is 10.9. The molecule has 0 aliphatic carbocycles. The van der Waals surface area contributed by atoms with Gasteiger partial charge in [-0.25, -0.2) is 0 Å². The largest absolute Gasteiger partial charge is 0.376 e. The van der Waals surface area contributed by atoms with E-state index in [1.165, 1.54) is 103 Å². The second-order valence-electron chi connectivity index (χ2n) is 7.93. The third-order valence-electron chi connectivity index (χ3n) is 5.35. The molecule has 0 aromatic heterocycles. The minimum Gasteiger partial charge on any atom is -0.376 e. The molecule has 1 aromatic carbocycles. The summed E-state index contributed by atoms with van der Waals surface area (Å²) in [5, 5.41) is 3.38. The van der Waals surface area contributed by atoms with Crippen LogP contribution in [-0.2, 0) is 0 Å². The lowest BCUT2D eigenvalue weighted by molar-refractivity contribution is 0.529. The van der Waals surface area contributed by atoms with E-state index < -0.39 is 0 Å². The summed E-state index contributed by atoms with van der Waals surface area (Å²) in [6.45, 7) is 3.30. The summed E-state index contributed by atoms with van der Waals surface area (Å²) in [5.74, 6) is 0. The van der Waals surface area contributed by atoms with E-state index in [1.54, 1.807) is 0 Å². The standard InChI is InChI=1S/C25H43NS/c1-2-3-4-5-6-7-8-9-10-11-12-13-14-15-16-20-23-26-25(27)24-21-18-17-19-22-24/h17-19,21-22H,2-16,20,23H2,1H3,(H,26,27). The van der Waals surface area contributed by atoms with Crippen molar-refractivity contribution in [2.75, 3.05) is 6.54 Å². The Morgan fingerprint density at radius 1 is 0.630 bits per heavy atom. The molecule has 1 N–H and O–H groups in total. The molecule has 0 aliphatic heterocycles. The molecule has 1 rings (SSSR count). The predicted octanol–water partition coefficient (Wildman–Crippen LogP) is 8.21. The lowest BCUT2D eigenvalue weighted by Crippen LogP contribution is -2.23. The summed E-state index contributed by atoms with van der Waals surface area (Å²) >= 11 is 5.42. The Bertz CT molecular complexity index is 443. The minimum absolute atomic E-state index is 0.886. The molecule has 0 unspecified atom stereocenters. The number of rotatable bonds is 18. The minimum atomic E-state index is 0.886. The zero-order valence-corrected chi connectivity index (χ0v) is 18.6. The third kappa shape index (κ3) is 14.8. The van der Waals surface area contributed by atoms with E-state index in [0.29, 0.717) is 0 Å². The second-order valence-corrected chi connectivity index (χ2v) is 8.33. The van der Waals surface area contributed by atoms with Crippen LogP contribution < -0.4 is 5.32 Å². The fraction of sp³-hybridized carbons (Fsp3) is 0.720. The van der Waals surface area contributed by atoms with Gasteiger partial charge in [-0.05, 0) is 6.42 Å². The Balaban J connectivity index is 1.75. The Kier molecular flexibility index (Phi) is 16.5. The smallest absolute Gasteiger partial charge is 0.106 e. The molecule has 0 saturated carbocycles. The first kappa shape index (κ1) is 24.1. The van der Waals surface area contributed by atoms with Crippen molar-refractivity contribution in [1.29, 1.82) is 0 Å². The lowest BCUT2D eigenvalue weighted by Gasteiger charge is -2.08. The average molecular weight is 390 g/mol. The van der Waals surface area contributed by atoms with Gasteiger partial charge in [-0.2, -0.15) is 0 Å². The van der Waals surface area contributed by atoms with Crippen LogP contribution in [0.1, 0.15) is 115 Å². The highest BCUT2D eigenvalue weighted by atomic mass is 32.1. The van der Waals surface area contributed by atoms with E-state index in [2.05, 4.69) is 24.4 Å². The Labute approximate surface area is 174 Å². The van der Waals surface area contributed by atoms with Gasteiger partial charge in [0.2, 0.25) is 0 Å². The monoisotopic (exact) mass is 389 g/mol. The van der Waals surface area contributed by atoms with Crippen LogP contribution in [0.15, 0.2) is 30.3 Å². The number of benzene rings is 1. The molecule has 0 radical (unpaired) electrons. The van der Waals surface area contributed by atoms with Crippen molar-refractivity contribution in [2.24, 2.45) is 0 Å². The first-order chi connectivity index (χ1) is 13.3. The first-order valence-corrected chi connectivity index (χ1v) is 12.1. The van der Waals surface area contributed by atoms with Crippen molar-refractivity contribution in [3.63, 3.8) is 0 Å². The molecule has 1 aromatic rings. The van der Waals surface area contributed by atoms with E-state index in [9.17, 15) is 0 Å². The van der Waals surface area contributed by atoms with Crippen LogP contribution in [0.25, 0.3) is 0 Å². The van der Waals surface area contributed by atoms with Gasteiger partial charge in [-0.3, -0.25) is 0 Å². The van der Waals surface area contributed by atoms with Crippen molar-refractivity contribution in [3.05, 3.63) is 35.9 Å². The summed E-state index contributed by atoms with van der Waals surface area (Å²) in [6, 6.07) is 10.3. The van der Waals surface area contributed by atoms with Crippen LogP contribution >= 0.6 is 12.2 Å². The summed E-state index contributed by atoms with van der Waals surface area (Å²) < 4.78 is 0. The highest BCUT2D eigenvalue weighted by Gasteiger charge is 1.99. The van der Waals surface area contributed by atoms with Gasteiger partial charge in [0.15, 0.2) is 0 Å². The highest BCUT2D eigenvalue weighted by Crippen LogP contribution is 2.13. The molecule has 0 fully saturated rings. The Morgan fingerprint density at radius 2 is 1.04 bits per heavy atom. The van der Waals surface area contributed by atoms with Crippen LogP contribution in [0, 0.1) is 0 Å². The molecule has 154 valence electrons. The van der Waals surface area contributed by atoms with Gasteiger partial charge in [0.25, 0.3) is 0 Å². The molecular weight excluding hydrogens is 346 g/mol. The molecule has 0 aliphatic rings. The summed E-state index contributed by atoms with van der Waals surface area (Å²) in [4.78, 5) is 0.886. The fourth-order valence-electron chi connectivity index (χ4n) is 3.57. The Morgan fingerprint density at radius 3 is 1.48 bits per heavy atom. The van der Waals surface area contributed by atoms with Gasteiger partial charge in [-0.15, -0.1) is 0 Å². The fourth-order valence-corrected chi connectivity index (χ4v) is 3.80. The maximum atomic E-state index is 5.42. The van der Waals surface area contributed by atoms with E-state index in [-0.39, 0.29) is 0 Å². The van der Waals surface area contributed by atoms with Crippen LogP contribution in [0.5, 0.6) is 0 Å². The van der Waals surface area contributed by atoms with Gasteiger partial charge >= 0.3 is 0 Å². The molecule has 2 heteroatoms. The highest BCUT2D eigenvalue weighted by molar-refractivity contribution is 7.80. The maximum absolute atomic E-state index is 5.42. The molecule has 1 nitrogen and oxygen atoms in total. The molecule has 0 bridgehead atoms. The molecule has 0 amide bonds. The Hall–Kier alpha value is -0.890. The molecule has 0 heterocycles.